The van der Waals surface area contributed by atoms with Gasteiger partial charge in [-0.15, -0.1) is 0 Å². The third-order valence-corrected chi connectivity index (χ3v) is 2.05. The monoisotopic (exact) mass is 193 g/mol. The van der Waals surface area contributed by atoms with Gasteiger partial charge in [0.2, 0.25) is 10.9 Å². The molecule has 0 aliphatic rings. The van der Waals surface area contributed by atoms with Crippen LogP contribution >= 0.6 is 11.3 Å². The summed E-state index contributed by atoms with van der Waals surface area (Å²) in [5.41, 5.74) is 5.44. The molecule has 2 aromatic heterocycles. The Hall–Kier alpha value is -1.62. The highest BCUT2D eigenvalue weighted by Gasteiger charge is 2.00. The van der Waals surface area contributed by atoms with E-state index in [0.717, 1.165) is 0 Å². The van der Waals surface area contributed by atoms with Gasteiger partial charge in [0.25, 0.3) is 0 Å². The molecule has 0 atom stereocenters. The Bertz CT molecular complexity index is 387. The van der Waals surface area contributed by atoms with E-state index in [4.69, 9.17) is 10.5 Å². The Balaban J connectivity index is 2.15. The zero-order valence-electron chi connectivity index (χ0n) is 6.68. The molecule has 0 aromatic carbocycles. The lowest BCUT2D eigenvalue weighted by Crippen LogP contribution is -1.82. The molecule has 0 saturated heterocycles. The van der Waals surface area contributed by atoms with Gasteiger partial charge >= 0.3 is 0 Å². The number of nitrogens with two attached hydrogens (primary N) is 1. The molecule has 2 aromatic rings. The summed E-state index contributed by atoms with van der Waals surface area (Å²) < 4.78 is 5.36. The number of hydrogen-bond acceptors (Lipinski definition) is 5. The standard InChI is InChI=1S/C8H7N3OS/c9-8-11-5-7(13-8)12-6-3-1-2-4-10-6/h1-5H,(H2,9,11). The minimum Gasteiger partial charge on any atom is -0.427 e. The molecule has 0 fully saturated rings. The van der Waals surface area contributed by atoms with Crippen molar-refractivity contribution >= 4 is 16.5 Å². The molecule has 0 spiro atoms. The van der Waals surface area contributed by atoms with Gasteiger partial charge < -0.3 is 10.5 Å². The van der Waals surface area contributed by atoms with Gasteiger partial charge in [-0.05, 0) is 6.07 Å². The summed E-state index contributed by atoms with van der Waals surface area (Å²) in [4.78, 5) is 7.86. The number of aromatic nitrogens is 2. The van der Waals surface area contributed by atoms with Crippen molar-refractivity contribution in [3.63, 3.8) is 0 Å². The highest BCUT2D eigenvalue weighted by atomic mass is 32.1. The summed E-state index contributed by atoms with van der Waals surface area (Å²) in [6.45, 7) is 0. The molecule has 0 radical (unpaired) electrons. The van der Waals surface area contributed by atoms with Crippen LogP contribution in [0.2, 0.25) is 0 Å². The van der Waals surface area contributed by atoms with E-state index in [0.29, 0.717) is 16.1 Å². The second-order valence-electron chi connectivity index (χ2n) is 2.29. The van der Waals surface area contributed by atoms with Crippen molar-refractivity contribution in [3.8, 4) is 10.9 Å². The molecule has 2 N–H and O–H groups in total. The van der Waals surface area contributed by atoms with E-state index >= 15 is 0 Å². The Labute approximate surface area is 79.0 Å². The Morgan fingerprint density at radius 1 is 1.31 bits per heavy atom. The molecule has 13 heavy (non-hydrogen) atoms. The molecular weight excluding hydrogens is 186 g/mol. The lowest BCUT2D eigenvalue weighted by molar-refractivity contribution is 0.475. The summed E-state index contributed by atoms with van der Waals surface area (Å²) in [6.07, 6.45) is 3.24. The molecule has 0 amide bonds. The van der Waals surface area contributed by atoms with Crippen LogP contribution in [-0.4, -0.2) is 9.97 Å². The summed E-state index contributed by atoms with van der Waals surface area (Å²) >= 11 is 1.29. The number of ether oxygens (including phenoxy) is 1. The van der Waals surface area contributed by atoms with Crippen molar-refractivity contribution in [2.45, 2.75) is 0 Å². The molecule has 4 nitrogen and oxygen atoms in total. The number of rotatable bonds is 2. The van der Waals surface area contributed by atoms with Crippen molar-refractivity contribution in [2.75, 3.05) is 5.73 Å². The summed E-state index contributed by atoms with van der Waals surface area (Å²) in [6, 6.07) is 5.45. The largest absolute Gasteiger partial charge is 0.427 e. The number of pyridine rings is 1. The zero-order chi connectivity index (χ0) is 9.10. The van der Waals surface area contributed by atoms with E-state index in [1.165, 1.54) is 11.3 Å². The molecule has 66 valence electrons. The van der Waals surface area contributed by atoms with Gasteiger partial charge in [0.1, 0.15) is 0 Å². The first-order chi connectivity index (χ1) is 6.34. The van der Waals surface area contributed by atoms with Gasteiger partial charge in [-0.2, -0.15) is 0 Å². The summed E-state index contributed by atoms with van der Waals surface area (Å²) in [7, 11) is 0. The van der Waals surface area contributed by atoms with Gasteiger partial charge in [0.05, 0.1) is 6.20 Å². The molecule has 0 bridgehead atoms. The molecular formula is C8H7N3OS. The maximum absolute atomic E-state index is 5.44. The molecule has 0 aliphatic carbocycles. The predicted molar refractivity (Wildman–Crippen MR) is 50.8 cm³/mol. The molecule has 2 rings (SSSR count). The van der Waals surface area contributed by atoms with Gasteiger partial charge in [-0.25, -0.2) is 9.97 Å². The SMILES string of the molecule is Nc1ncc(Oc2ccccn2)s1. The van der Waals surface area contributed by atoms with Gasteiger partial charge in [0, 0.05) is 12.3 Å². The van der Waals surface area contributed by atoms with Crippen LogP contribution in [0, 0.1) is 0 Å². The smallest absolute Gasteiger partial charge is 0.220 e. The van der Waals surface area contributed by atoms with Crippen molar-refractivity contribution < 1.29 is 4.74 Å². The van der Waals surface area contributed by atoms with Crippen molar-refractivity contribution in [1.82, 2.24) is 9.97 Å². The van der Waals surface area contributed by atoms with Gasteiger partial charge in [-0.3, -0.25) is 0 Å². The molecule has 0 aliphatic heterocycles. The Morgan fingerprint density at radius 2 is 2.23 bits per heavy atom. The maximum atomic E-state index is 5.44. The van der Waals surface area contributed by atoms with Crippen molar-refractivity contribution in [2.24, 2.45) is 0 Å². The normalized spacial score (nSPS) is 9.85. The van der Waals surface area contributed by atoms with Crippen LogP contribution in [-0.2, 0) is 0 Å². The van der Waals surface area contributed by atoms with E-state index < -0.39 is 0 Å². The number of thiazole rings is 1. The molecule has 5 heteroatoms. The highest BCUT2D eigenvalue weighted by Crippen LogP contribution is 2.26. The van der Waals surface area contributed by atoms with Crippen LogP contribution in [0.3, 0.4) is 0 Å². The fourth-order valence-corrected chi connectivity index (χ4v) is 1.37. The van der Waals surface area contributed by atoms with Gasteiger partial charge in [-0.1, -0.05) is 17.4 Å². The minimum atomic E-state index is 0.492. The van der Waals surface area contributed by atoms with Crippen LogP contribution < -0.4 is 10.5 Å². The number of nitrogen functional groups attached to an aromatic ring is 1. The average molecular weight is 193 g/mol. The van der Waals surface area contributed by atoms with Crippen molar-refractivity contribution in [1.29, 1.82) is 0 Å². The van der Waals surface area contributed by atoms with Crippen LogP contribution in [0.15, 0.2) is 30.6 Å². The minimum absolute atomic E-state index is 0.492. The lowest BCUT2D eigenvalue weighted by Gasteiger charge is -1.98. The summed E-state index contributed by atoms with van der Waals surface area (Å²) in [5, 5.41) is 1.14. The Morgan fingerprint density at radius 3 is 2.85 bits per heavy atom. The zero-order valence-corrected chi connectivity index (χ0v) is 7.49. The predicted octanol–water partition coefficient (Wildman–Crippen LogP) is 1.91. The number of anilines is 1. The first-order valence-corrected chi connectivity index (χ1v) is 4.46. The van der Waals surface area contributed by atoms with E-state index in [-0.39, 0.29) is 0 Å². The fraction of sp³-hybridized carbons (Fsp3) is 0. The van der Waals surface area contributed by atoms with Crippen LogP contribution in [0.4, 0.5) is 5.13 Å². The van der Waals surface area contributed by atoms with Crippen LogP contribution in [0.5, 0.6) is 10.9 Å². The summed E-state index contributed by atoms with van der Waals surface area (Å²) in [5.74, 6) is 0.547. The van der Waals surface area contributed by atoms with Crippen LogP contribution in [0.1, 0.15) is 0 Å². The first kappa shape index (κ1) is 8.00. The van der Waals surface area contributed by atoms with E-state index in [2.05, 4.69) is 9.97 Å². The lowest BCUT2D eigenvalue weighted by atomic mass is 10.5. The molecule has 0 saturated carbocycles. The topological polar surface area (TPSA) is 61.0 Å². The fourth-order valence-electron chi connectivity index (χ4n) is 0.830. The highest BCUT2D eigenvalue weighted by molar-refractivity contribution is 7.17. The van der Waals surface area contributed by atoms with E-state index in [9.17, 15) is 0 Å². The first-order valence-electron chi connectivity index (χ1n) is 3.65. The number of hydrogen-bond donors (Lipinski definition) is 1. The van der Waals surface area contributed by atoms with E-state index in [1.807, 2.05) is 12.1 Å². The average Bonchev–Trinajstić information content (AvgIpc) is 2.53. The van der Waals surface area contributed by atoms with Crippen LogP contribution in [0.25, 0.3) is 0 Å². The maximum Gasteiger partial charge on any atom is 0.220 e. The Kier molecular flexibility index (Phi) is 2.09. The van der Waals surface area contributed by atoms with Gasteiger partial charge in [0.15, 0.2) is 5.13 Å². The van der Waals surface area contributed by atoms with Crippen molar-refractivity contribution in [3.05, 3.63) is 30.6 Å². The molecule has 0 unspecified atom stereocenters. The molecule has 2 heterocycles. The van der Waals surface area contributed by atoms with E-state index in [1.54, 1.807) is 18.5 Å². The quantitative estimate of drug-likeness (QED) is 0.791. The number of nitrogens with zero attached hydrogens (tertiary/aromatic N) is 2. The third-order valence-electron chi connectivity index (χ3n) is 1.35. The second-order valence-corrected chi connectivity index (χ2v) is 3.31. The third kappa shape index (κ3) is 1.94. The second kappa shape index (κ2) is 3.40.